The zero-order valence-electron chi connectivity index (χ0n) is 15.7. The van der Waals surface area contributed by atoms with Gasteiger partial charge in [-0.1, -0.05) is 18.2 Å². The first-order valence-corrected chi connectivity index (χ1v) is 10.6. The molecule has 0 aliphatic carbocycles. The molecular weight excluding hydrogens is 373 g/mol. The number of rotatable bonds is 7. The molecule has 0 amide bonds. The van der Waals surface area contributed by atoms with Gasteiger partial charge in [-0.05, 0) is 66.2 Å². The number of likely N-dealkylation sites (tertiary alicyclic amines) is 1. The number of hydrogen-bond donors (Lipinski definition) is 0. The van der Waals surface area contributed by atoms with Crippen molar-refractivity contribution in [2.24, 2.45) is 0 Å². The van der Waals surface area contributed by atoms with Crippen LogP contribution in [0.25, 0.3) is 10.4 Å². The van der Waals surface area contributed by atoms with Crippen molar-refractivity contribution in [3.63, 3.8) is 0 Å². The quantitative estimate of drug-likeness (QED) is 0.527. The molecule has 1 saturated heterocycles. The van der Waals surface area contributed by atoms with Crippen molar-refractivity contribution in [1.29, 1.82) is 0 Å². The second-order valence-electron chi connectivity index (χ2n) is 6.97. The monoisotopic (exact) mass is 397 g/mol. The van der Waals surface area contributed by atoms with Gasteiger partial charge in [0.1, 0.15) is 30.0 Å². The van der Waals surface area contributed by atoms with Crippen LogP contribution in [0.1, 0.15) is 12.8 Å². The molecule has 3 nitrogen and oxygen atoms in total. The van der Waals surface area contributed by atoms with Gasteiger partial charge >= 0.3 is 0 Å². The average Bonchev–Trinajstić information content (AvgIpc) is 3.26. The van der Waals surface area contributed by atoms with E-state index in [9.17, 15) is 4.39 Å². The molecule has 2 aromatic carbocycles. The lowest BCUT2D eigenvalue weighted by atomic mass is 10.1. The van der Waals surface area contributed by atoms with Gasteiger partial charge in [0.2, 0.25) is 0 Å². The van der Waals surface area contributed by atoms with Crippen LogP contribution in [0.15, 0.2) is 66.0 Å². The van der Waals surface area contributed by atoms with Crippen molar-refractivity contribution in [1.82, 2.24) is 4.90 Å². The maximum absolute atomic E-state index is 12.9. The summed E-state index contributed by atoms with van der Waals surface area (Å²) in [4.78, 5) is 3.66. The molecule has 4 rings (SSSR count). The fourth-order valence-electron chi connectivity index (χ4n) is 3.43. The lowest BCUT2D eigenvalue weighted by molar-refractivity contribution is 0.0916. The Bertz CT molecular complexity index is 859. The van der Waals surface area contributed by atoms with Gasteiger partial charge in [-0.25, -0.2) is 4.39 Å². The molecule has 0 spiro atoms. The summed E-state index contributed by atoms with van der Waals surface area (Å²) < 4.78 is 24.8. The second-order valence-corrected chi connectivity index (χ2v) is 7.91. The SMILES string of the molecule is Fc1ccc(OCCN2CCC(Oc3cccc(-c4cccs4)c3)CC2)cc1. The number of hydrogen-bond acceptors (Lipinski definition) is 4. The lowest BCUT2D eigenvalue weighted by Gasteiger charge is -2.32. The molecule has 0 radical (unpaired) electrons. The highest BCUT2D eigenvalue weighted by Gasteiger charge is 2.20. The van der Waals surface area contributed by atoms with Crippen LogP contribution in [-0.4, -0.2) is 37.2 Å². The second kappa shape index (κ2) is 9.22. The third-order valence-corrected chi connectivity index (χ3v) is 5.89. The normalized spacial score (nSPS) is 15.5. The Morgan fingerprint density at radius 3 is 2.54 bits per heavy atom. The van der Waals surface area contributed by atoms with Gasteiger partial charge in [-0.15, -0.1) is 11.3 Å². The summed E-state index contributed by atoms with van der Waals surface area (Å²) in [5, 5.41) is 2.10. The van der Waals surface area contributed by atoms with E-state index in [1.165, 1.54) is 22.6 Å². The highest BCUT2D eigenvalue weighted by Crippen LogP contribution is 2.29. The van der Waals surface area contributed by atoms with Crippen LogP contribution in [0.3, 0.4) is 0 Å². The van der Waals surface area contributed by atoms with Crippen LogP contribution < -0.4 is 9.47 Å². The van der Waals surface area contributed by atoms with Crippen LogP contribution in [-0.2, 0) is 0 Å². The van der Waals surface area contributed by atoms with Crippen LogP contribution in [0.2, 0.25) is 0 Å². The topological polar surface area (TPSA) is 21.7 Å². The van der Waals surface area contributed by atoms with Crippen molar-refractivity contribution >= 4 is 11.3 Å². The van der Waals surface area contributed by atoms with E-state index in [1.807, 2.05) is 6.07 Å². The number of ether oxygens (including phenoxy) is 2. The summed E-state index contributed by atoms with van der Waals surface area (Å²) in [5.41, 5.74) is 1.21. The minimum atomic E-state index is -0.240. The molecule has 2 heterocycles. The van der Waals surface area contributed by atoms with E-state index < -0.39 is 0 Å². The first kappa shape index (κ1) is 19.0. The Labute approximate surface area is 169 Å². The first-order valence-electron chi connectivity index (χ1n) is 9.67. The minimum absolute atomic E-state index is 0.240. The van der Waals surface area contributed by atoms with E-state index in [0.717, 1.165) is 38.2 Å². The Hall–Kier alpha value is -2.37. The maximum Gasteiger partial charge on any atom is 0.123 e. The van der Waals surface area contributed by atoms with E-state index >= 15 is 0 Å². The molecule has 3 aromatic rings. The molecule has 1 aromatic heterocycles. The number of thiophene rings is 1. The van der Waals surface area contributed by atoms with Crippen LogP contribution >= 0.6 is 11.3 Å². The highest BCUT2D eigenvalue weighted by atomic mass is 32.1. The predicted molar refractivity (Wildman–Crippen MR) is 112 cm³/mol. The molecule has 0 atom stereocenters. The number of benzene rings is 2. The van der Waals surface area contributed by atoms with Gasteiger partial charge in [-0.3, -0.25) is 4.90 Å². The van der Waals surface area contributed by atoms with E-state index in [2.05, 4.69) is 40.6 Å². The van der Waals surface area contributed by atoms with Crippen LogP contribution in [0.4, 0.5) is 4.39 Å². The molecule has 0 unspecified atom stereocenters. The third kappa shape index (κ3) is 5.12. The molecule has 1 aliphatic heterocycles. The molecular formula is C23H24FNO2S. The summed E-state index contributed by atoms with van der Waals surface area (Å²) >= 11 is 1.75. The molecule has 146 valence electrons. The molecule has 1 aliphatic rings. The van der Waals surface area contributed by atoms with Gasteiger partial charge in [0.15, 0.2) is 0 Å². The Morgan fingerprint density at radius 1 is 0.964 bits per heavy atom. The molecule has 0 saturated carbocycles. The summed E-state index contributed by atoms with van der Waals surface area (Å²) in [7, 11) is 0. The van der Waals surface area contributed by atoms with Crippen LogP contribution in [0.5, 0.6) is 11.5 Å². The summed E-state index contributed by atoms with van der Waals surface area (Å²) in [5.74, 6) is 1.42. The fourth-order valence-corrected chi connectivity index (χ4v) is 4.16. The first-order chi connectivity index (χ1) is 13.8. The smallest absolute Gasteiger partial charge is 0.123 e. The van der Waals surface area contributed by atoms with E-state index in [-0.39, 0.29) is 11.9 Å². The Morgan fingerprint density at radius 2 is 1.79 bits per heavy atom. The predicted octanol–water partition coefficient (Wildman–Crippen LogP) is 5.48. The molecule has 1 fully saturated rings. The van der Waals surface area contributed by atoms with Crippen molar-refractivity contribution in [3.8, 4) is 21.9 Å². The standard InChI is InChI=1S/C23H24FNO2S/c24-19-6-8-20(9-7-19)26-15-14-25-12-10-21(11-13-25)27-22-4-1-3-18(17-22)23-5-2-16-28-23/h1-9,16-17,21H,10-15H2. The van der Waals surface area contributed by atoms with Crippen molar-refractivity contribution in [2.45, 2.75) is 18.9 Å². The summed E-state index contributed by atoms with van der Waals surface area (Å²) in [6, 6.07) is 18.7. The van der Waals surface area contributed by atoms with E-state index in [0.29, 0.717) is 12.4 Å². The van der Waals surface area contributed by atoms with Gasteiger partial charge in [0.25, 0.3) is 0 Å². The summed E-state index contributed by atoms with van der Waals surface area (Å²) in [6.45, 7) is 3.49. The van der Waals surface area contributed by atoms with Crippen molar-refractivity contribution in [2.75, 3.05) is 26.2 Å². The average molecular weight is 398 g/mol. The fraction of sp³-hybridized carbons (Fsp3) is 0.304. The number of piperidine rings is 1. The minimum Gasteiger partial charge on any atom is -0.492 e. The molecule has 28 heavy (non-hydrogen) atoms. The van der Waals surface area contributed by atoms with Gasteiger partial charge in [0, 0.05) is 24.5 Å². The Kier molecular flexibility index (Phi) is 6.24. The van der Waals surface area contributed by atoms with Gasteiger partial charge in [0.05, 0.1) is 0 Å². The number of halogens is 1. The van der Waals surface area contributed by atoms with Gasteiger partial charge in [-0.2, -0.15) is 0 Å². The van der Waals surface area contributed by atoms with E-state index in [4.69, 9.17) is 9.47 Å². The molecule has 0 N–H and O–H groups in total. The Balaban J connectivity index is 1.21. The summed E-state index contributed by atoms with van der Waals surface area (Å²) in [6.07, 6.45) is 2.28. The molecule has 0 bridgehead atoms. The molecule has 5 heteroatoms. The number of nitrogens with zero attached hydrogens (tertiary/aromatic N) is 1. The largest absolute Gasteiger partial charge is 0.492 e. The zero-order chi connectivity index (χ0) is 19.2. The van der Waals surface area contributed by atoms with Crippen molar-refractivity contribution in [3.05, 3.63) is 71.9 Å². The van der Waals surface area contributed by atoms with Crippen molar-refractivity contribution < 1.29 is 13.9 Å². The maximum atomic E-state index is 12.9. The third-order valence-electron chi connectivity index (χ3n) is 4.97. The zero-order valence-corrected chi connectivity index (χ0v) is 16.5. The van der Waals surface area contributed by atoms with Crippen LogP contribution in [0, 0.1) is 5.82 Å². The van der Waals surface area contributed by atoms with Gasteiger partial charge < -0.3 is 9.47 Å². The lowest BCUT2D eigenvalue weighted by Crippen LogP contribution is -2.40. The highest BCUT2D eigenvalue weighted by molar-refractivity contribution is 7.13. The van der Waals surface area contributed by atoms with E-state index in [1.54, 1.807) is 23.5 Å².